The molecule has 0 saturated carbocycles. The first-order chi connectivity index (χ1) is 11.6. The van der Waals surface area contributed by atoms with Crippen molar-refractivity contribution >= 4 is 17.3 Å². The quantitative estimate of drug-likeness (QED) is 0.791. The van der Waals surface area contributed by atoms with Crippen LogP contribution >= 0.6 is 0 Å². The van der Waals surface area contributed by atoms with Gasteiger partial charge in [0.15, 0.2) is 0 Å². The molecule has 4 heteroatoms. The Hall–Kier alpha value is -2.49. The molecule has 4 nitrogen and oxygen atoms in total. The fourth-order valence-corrected chi connectivity index (χ4v) is 2.37. The summed E-state index contributed by atoms with van der Waals surface area (Å²) < 4.78 is 5.81. The number of ether oxygens (including phenoxy) is 1. The Labute approximate surface area is 144 Å². The standard InChI is InChI=1S/C20H26N2O2/c1-4-22(17-10-6-5-7-11-17)20(23)14-21-18-12-8-9-13-19(18)24-15-16(2)3/h5-13,16,21H,4,14-15H2,1-3H3. The van der Waals surface area contributed by atoms with Crippen molar-refractivity contribution in [2.45, 2.75) is 20.8 Å². The highest BCUT2D eigenvalue weighted by atomic mass is 16.5. The molecule has 0 radical (unpaired) electrons. The van der Waals surface area contributed by atoms with Crippen molar-refractivity contribution in [3.05, 3.63) is 54.6 Å². The second kappa shape index (κ2) is 8.96. The Kier molecular flexibility index (Phi) is 6.67. The van der Waals surface area contributed by atoms with Gasteiger partial charge in [-0.2, -0.15) is 0 Å². The van der Waals surface area contributed by atoms with Crippen molar-refractivity contribution in [1.29, 1.82) is 0 Å². The molecule has 0 saturated heterocycles. The number of hydrogen-bond donors (Lipinski definition) is 1. The molecule has 0 atom stereocenters. The summed E-state index contributed by atoms with van der Waals surface area (Å²) in [6.45, 7) is 7.71. The van der Waals surface area contributed by atoms with Gasteiger partial charge in [0.25, 0.3) is 0 Å². The van der Waals surface area contributed by atoms with Crippen molar-refractivity contribution in [3.8, 4) is 5.75 Å². The number of likely N-dealkylation sites (N-methyl/N-ethyl adjacent to an activating group) is 1. The summed E-state index contributed by atoms with van der Waals surface area (Å²) in [5, 5.41) is 3.21. The van der Waals surface area contributed by atoms with Gasteiger partial charge < -0.3 is 15.0 Å². The Bertz CT molecular complexity index is 641. The van der Waals surface area contributed by atoms with E-state index in [4.69, 9.17) is 4.74 Å². The van der Waals surface area contributed by atoms with Crippen LogP contribution in [-0.2, 0) is 4.79 Å². The van der Waals surface area contributed by atoms with E-state index in [1.165, 1.54) is 0 Å². The van der Waals surface area contributed by atoms with Crippen LogP contribution in [0, 0.1) is 5.92 Å². The molecule has 0 bridgehead atoms. The third-order valence-corrected chi connectivity index (χ3v) is 3.57. The van der Waals surface area contributed by atoms with E-state index in [0.29, 0.717) is 19.1 Å². The van der Waals surface area contributed by atoms with Crippen LogP contribution < -0.4 is 15.0 Å². The highest BCUT2D eigenvalue weighted by Gasteiger charge is 2.14. The lowest BCUT2D eigenvalue weighted by atomic mass is 10.2. The van der Waals surface area contributed by atoms with E-state index in [1.54, 1.807) is 4.90 Å². The van der Waals surface area contributed by atoms with Crippen molar-refractivity contribution in [2.24, 2.45) is 5.92 Å². The molecule has 0 spiro atoms. The molecule has 0 aromatic heterocycles. The minimum Gasteiger partial charge on any atom is -0.491 e. The van der Waals surface area contributed by atoms with Crippen molar-refractivity contribution in [3.63, 3.8) is 0 Å². The van der Waals surface area contributed by atoms with Crippen LogP contribution in [0.2, 0.25) is 0 Å². The zero-order valence-corrected chi connectivity index (χ0v) is 14.7. The van der Waals surface area contributed by atoms with Gasteiger partial charge >= 0.3 is 0 Å². The Morgan fingerprint density at radius 2 is 1.75 bits per heavy atom. The monoisotopic (exact) mass is 326 g/mol. The second-order valence-electron chi connectivity index (χ2n) is 6.03. The van der Waals surface area contributed by atoms with Gasteiger partial charge in [-0.05, 0) is 37.1 Å². The van der Waals surface area contributed by atoms with Crippen molar-refractivity contribution in [2.75, 3.05) is 29.9 Å². The number of carbonyl (C=O) groups is 1. The minimum atomic E-state index is 0.0300. The number of nitrogens with one attached hydrogen (secondary N) is 1. The third kappa shape index (κ3) is 5.01. The molecule has 0 aliphatic heterocycles. The van der Waals surface area contributed by atoms with Gasteiger partial charge in [-0.15, -0.1) is 0 Å². The van der Waals surface area contributed by atoms with E-state index in [1.807, 2.05) is 61.5 Å². The van der Waals surface area contributed by atoms with Crippen molar-refractivity contribution in [1.82, 2.24) is 0 Å². The number of hydrogen-bond acceptors (Lipinski definition) is 3. The van der Waals surface area contributed by atoms with Crippen LogP contribution in [-0.4, -0.2) is 25.6 Å². The first-order valence-corrected chi connectivity index (χ1v) is 8.43. The molecule has 1 N–H and O–H groups in total. The van der Waals surface area contributed by atoms with E-state index in [0.717, 1.165) is 17.1 Å². The SMILES string of the molecule is CCN(C(=O)CNc1ccccc1OCC(C)C)c1ccccc1. The maximum Gasteiger partial charge on any atom is 0.246 e. The van der Waals surface area contributed by atoms with Crippen LogP contribution in [0.3, 0.4) is 0 Å². The minimum absolute atomic E-state index is 0.0300. The van der Waals surface area contributed by atoms with Crippen LogP contribution in [0.5, 0.6) is 5.75 Å². The van der Waals surface area contributed by atoms with E-state index >= 15 is 0 Å². The molecule has 1 amide bonds. The maximum atomic E-state index is 12.5. The predicted molar refractivity (Wildman–Crippen MR) is 99.7 cm³/mol. The average Bonchev–Trinajstić information content (AvgIpc) is 2.60. The summed E-state index contributed by atoms with van der Waals surface area (Å²) in [6.07, 6.45) is 0. The van der Waals surface area contributed by atoms with Crippen LogP contribution in [0.1, 0.15) is 20.8 Å². The summed E-state index contributed by atoms with van der Waals surface area (Å²) in [4.78, 5) is 14.3. The second-order valence-corrected chi connectivity index (χ2v) is 6.03. The normalized spacial score (nSPS) is 10.5. The summed E-state index contributed by atoms with van der Waals surface area (Å²) in [5.74, 6) is 1.26. The van der Waals surface area contributed by atoms with Crippen LogP contribution in [0.25, 0.3) is 0 Å². The van der Waals surface area contributed by atoms with Gasteiger partial charge in [-0.3, -0.25) is 4.79 Å². The Balaban J connectivity index is 2.01. The lowest BCUT2D eigenvalue weighted by molar-refractivity contribution is -0.116. The average molecular weight is 326 g/mol. The molecule has 2 aromatic carbocycles. The smallest absolute Gasteiger partial charge is 0.246 e. The lowest BCUT2D eigenvalue weighted by Gasteiger charge is -2.22. The zero-order chi connectivity index (χ0) is 17.4. The fraction of sp³-hybridized carbons (Fsp3) is 0.350. The first kappa shape index (κ1) is 17.9. The fourth-order valence-electron chi connectivity index (χ4n) is 2.37. The highest BCUT2D eigenvalue weighted by molar-refractivity contribution is 5.96. The third-order valence-electron chi connectivity index (χ3n) is 3.57. The maximum absolute atomic E-state index is 12.5. The molecule has 2 aromatic rings. The Morgan fingerprint density at radius 1 is 1.08 bits per heavy atom. The van der Waals surface area contributed by atoms with Crippen LogP contribution in [0.4, 0.5) is 11.4 Å². The first-order valence-electron chi connectivity index (χ1n) is 8.43. The molecule has 0 heterocycles. The number of rotatable bonds is 8. The van der Waals surface area contributed by atoms with Gasteiger partial charge in [0.05, 0.1) is 18.8 Å². The number of benzene rings is 2. The molecule has 128 valence electrons. The van der Waals surface area contributed by atoms with Gasteiger partial charge in [-0.25, -0.2) is 0 Å². The molecule has 2 rings (SSSR count). The van der Waals surface area contributed by atoms with E-state index in [2.05, 4.69) is 19.2 Å². The largest absolute Gasteiger partial charge is 0.491 e. The molecule has 0 fully saturated rings. The molecule has 0 aliphatic rings. The highest BCUT2D eigenvalue weighted by Crippen LogP contribution is 2.24. The number of para-hydroxylation sites is 3. The number of anilines is 2. The number of amides is 1. The topological polar surface area (TPSA) is 41.6 Å². The molecule has 24 heavy (non-hydrogen) atoms. The zero-order valence-electron chi connectivity index (χ0n) is 14.7. The van der Waals surface area contributed by atoms with E-state index < -0.39 is 0 Å². The number of carbonyl (C=O) groups excluding carboxylic acids is 1. The summed E-state index contributed by atoms with van der Waals surface area (Å²) >= 11 is 0. The predicted octanol–water partition coefficient (Wildman–Crippen LogP) is 4.19. The summed E-state index contributed by atoms with van der Waals surface area (Å²) in [7, 11) is 0. The summed E-state index contributed by atoms with van der Waals surface area (Å²) in [5.41, 5.74) is 1.76. The van der Waals surface area contributed by atoms with Gasteiger partial charge in [-0.1, -0.05) is 44.2 Å². The van der Waals surface area contributed by atoms with Crippen LogP contribution in [0.15, 0.2) is 54.6 Å². The summed E-state index contributed by atoms with van der Waals surface area (Å²) in [6, 6.07) is 17.4. The van der Waals surface area contributed by atoms with Crippen molar-refractivity contribution < 1.29 is 9.53 Å². The lowest BCUT2D eigenvalue weighted by Crippen LogP contribution is -2.35. The Morgan fingerprint density at radius 3 is 2.42 bits per heavy atom. The number of nitrogens with zero attached hydrogens (tertiary/aromatic N) is 1. The molecule has 0 unspecified atom stereocenters. The van der Waals surface area contributed by atoms with E-state index in [-0.39, 0.29) is 12.5 Å². The van der Waals surface area contributed by atoms with E-state index in [9.17, 15) is 4.79 Å². The van der Waals surface area contributed by atoms with Gasteiger partial charge in [0.1, 0.15) is 5.75 Å². The molecule has 0 aliphatic carbocycles. The molecular weight excluding hydrogens is 300 g/mol. The molecular formula is C20H26N2O2. The van der Waals surface area contributed by atoms with Gasteiger partial charge in [0.2, 0.25) is 5.91 Å². The van der Waals surface area contributed by atoms with Gasteiger partial charge in [0, 0.05) is 12.2 Å².